The minimum Gasteiger partial charge on any atom is -0.389 e. The third kappa shape index (κ3) is 2.99. The van der Waals surface area contributed by atoms with E-state index >= 15 is 0 Å². The molecule has 0 bridgehead atoms. The fourth-order valence-corrected chi connectivity index (χ4v) is 2.65. The number of rotatable bonds is 4. The van der Waals surface area contributed by atoms with E-state index in [1.807, 2.05) is 0 Å². The monoisotopic (exact) mass is 266 g/mol. The maximum absolute atomic E-state index is 13.8. The van der Waals surface area contributed by atoms with Crippen LogP contribution in [0.3, 0.4) is 0 Å². The summed E-state index contributed by atoms with van der Waals surface area (Å²) in [6.45, 7) is 3.07. The van der Waals surface area contributed by atoms with Gasteiger partial charge >= 0.3 is 0 Å². The second kappa shape index (κ2) is 5.22. The number of hydrogen-bond donors (Lipinski definition) is 2. The maximum Gasteiger partial charge on any atom is 0.146 e. The largest absolute Gasteiger partial charge is 0.389 e. The third-order valence-corrected chi connectivity index (χ3v) is 4.01. The highest BCUT2D eigenvalue weighted by atomic mass is 32.1. The summed E-state index contributed by atoms with van der Waals surface area (Å²) in [5, 5.41) is 3.20. The van der Waals surface area contributed by atoms with Crippen LogP contribution in [0.4, 0.5) is 10.1 Å². The third-order valence-electron chi connectivity index (χ3n) is 3.77. The minimum absolute atomic E-state index is 0.225. The van der Waals surface area contributed by atoms with Gasteiger partial charge < -0.3 is 11.1 Å². The molecule has 2 rings (SSSR count). The number of nitrogens with one attached hydrogen (secondary N) is 1. The molecule has 2 nitrogen and oxygen atoms in total. The Morgan fingerprint density at radius 3 is 2.67 bits per heavy atom. The molecular weight excluding hydrogens is 247 g/mol. The van der Waals surface area contributed by atoms with Gasteiger partial charge in [0.25, 0.3) is 0 Å². The van der Waals surface area contributed by atoms with Crippen LogP contribution in [0.2, 0.25) is 0 Å². The Bertz CT molecular complexity index is 453. The molecule has 0 atom stereocenters. The molecule has 0 saturated heterocycles. The van der Waals surface area contributed by atoms with Gasteiger partial charge in [-0.3, -0.25) is 0 Å². The van der Waals surface area contributed by atoms with Crippen LogP contribution in [0.1, 0.15) is 38.2 Å². The molecule has 3 N–H and O–H groups in total. The molecule has 18 heavy (non-hydrogen) atoms. The van der Waals surface area contributed by atoms with Crippen molar-refractivity contribution in [2.45, 2.75) is 32.6 Å². The zero-order valence-electron chi connectivity index (χ0n) is 10.6. The predicted octanol–water partition coefficient (Wildman–Crippen LogP) is 3.45. The highest BCUT2D eigenvalue weighted by Crippen LogP contribution is 2.37. The summed E-state index contributed by atoms with van der Waals surface area (Å²) < 4.78 is 13.8. The van der Waals surface area contributed by atoms with Crippen LogP contribution in [0, 0.1) is 11.2 Å². The molecule has 0 aliphatic heterocycles. The lowest BCUT2D eigenvalue weighted by Gasteiger charge is -2.24. The van der Waals surface area contributed by atoms with E-state index < -0.39 is 0 Å². The van der Waals surface area contributed by atoms with Gasteiger partial charge in [-0.05, 0) is 36.5 Å². The van der Waals surface area contributed by atoms with Crippen LogP contribution < -0.4 is 11.1 Å². The van der Waals surface area contributed by atoms with Crippen LogP contribution in [0.15, 0.2) is 18.2 Å². The van der Waals surface area contributed by atoms with Gasteiger partial charge in [-0.2, -0.15) is 0 Å². The van der Waals surface area contributed by atoms with Gasteiger partial charge in [-0.25, -0.2) is 4.39 Å². The van der Waals surface area contributed by atoms with Gasteiger partial charge in [-0.15, -0.1) is 0 Å². The molecule has 1 aromatic rings. The molecule has 1 fully saturated rings. The van der Waals surface area contributed by atoms with Crippen molar-refractivity contribution < 1.29 is 4.39 Å². The average molecular weight is 266 g/mol. The number of thiocarbonyl (C=S) groups is 1. The van der Waals surface area contributed by atoms with E-state index in [0.717, 1.165) is 6.54 Å². The van der Waals surface area contributed by atoms with Crippen molar-refractivity contribution in [2.75, 3.05) is 11.9 Å². The Morgan fingerprint density at radius 2 is 2.11 bits per heavy atom. The van der Waals surface area contributed by atoms with Gasteiger partial charge in [0.15, 0.2) is 0 Å². The van der Waals surface area contributed by atoms with E-state index in [-0.39, 0.29) is 10.8 Å². The molecule has 0 heterocycles. The predicted molar refractivity (Wildman–Crippen MR) is 77.4 cm³/mol. The zero-order chi connectivity index (χ0) is 13.2. The van der Waals surface area contributed by atoms with Crippen molar-refractivity contribution in [3.8, 4) is 0 Å². The molecule has 1 aliphatic rings. The van der Waals surface area contributed by atoms with Crippen LogP contribution in [-0.2, 0) is 0 Å². The summed E-state index contributed by atoms with van der Waals surface area (Å²) in [6, 6.07) is 4.86. The molecule has 0 spiro atoms. The van der Waals surface area contributed by atoms with Crippen LogP contribution >= 0.6 is 12.2 Å². The number of hydrogen-bond acceptors (Lipinski definition) is 2. The second-order valence-electron chi connectivity index (χ2n) is 5.43. The molecular formula is C14H19FN2S. The Labute approximate surface area is 113 Å². The van der Waals surface area contributed by atoms with Gasteiger partial charge in [0.1, 0.15) is 10.8 Å². The van der Waals surface area contributed by atoms with E-state index in [1.165, 1.54) is 31.7 Å². The average Bonchev–Trinajstić information content (AvgIpc) is 2.75. The summed E-state index contributed by atoms with van der Waals surface area (Å²) in [5.74, 6) is -0.290. The quantitative estimate of drug-likeness (QED) is 0.820. The lowest BCUT2D eigenvalue weighted by atomic mass is 9.89. The van der Waals surface area contributed by atoms with Gasteiger partial charge in [0.2, 0.25) is 0 Å². The number of anilines is 1. The standard InChI is InChI=1S/C14H19FN2S/c1-14(6-2-3-7-14)9-17-12-5-4-10(13(16)18)8-11(12)15/h4-5,8,17H,2-3,6-7,9H2,1H3,(H2,16,18). The van der Waals surface area contributed by atoms with E-state index in [0.29, 0.717) is 16.7 Å². The van der Waals surface area contributed by atoms with E-state index in [4.69, 9.17) is 18.0 Å². The summed E-state index contributed by atoms with van der Waals surface area (Å²) >= 11 is 4.83. The summed E-state index contributed by atoms with van der Waals surface area (Å²) in [6.07, 6.45) is 4.99. The van der Waals surface area contributed by atoms with Crippen molar-refractivity contribution in [1.29, 1.82) is 0 Å². The molecule has 98 valence electrons. The van der Waals surface area contributed by atoms with Gasteiger partial charge in [0.05, 0.1) is 5.69 Å². The summed E-state index contributed by atoms with van der Waals surface area (Å²) in [4.78, 5) is 0.225. The number of nitrogens with two attached hydrogens (primary N) is 1. The van der Waals surface area contributed by atoms with E-state index in [2.05, 4.69) is 12.2 Å². The Balaban J connectivity index is 2.03. The van der Waals surface area contributed by atoms with Gasteiger partial charge in [0, 0.05) is 12.1 Å². The molecule has 0 aromatic heterocycles. The first kappa shape index (κ1) is 13.3. The molecule has 1 aliphatic carbocycles. The molecule has 0 unspecified atom stereocenters. The highest BCUT2D eigenvalue weighted by Gasteiger charge is 2.28. The molecule has 4 heteroatoms. The van der Waals surface area contributed by atoms with Crippen LogP contribution in [0.5, 0.6) is 0 Å². The van der Waals surface area contributed by atoms with Crippen molar-refractivity contribution in [1.82, 2.24) is 0 Å². The smallest absolute Gasteiger partial charge is 0.146 e. The SMILES string of the molecule is CC1(CNc2ccc(C(N)=S)cc2F)CCCC1. The minimum atomic E-state index is -0.290. The fraction of sp³-hybridized carbons (Fsp3) is 0.500. The van der Waals surface area contributed by atoms with E-state index in [1.54, 1.807) is 12.1 Å². The fourth-order valence-electron chi connectivity index (χ4n) is 2.53. The Hall–Kier alpha value is -1.16. The zero-order valence-corrected chi connectivity index (χ0v) is 11.4. The second-order valence-corrected chi connectivity index (χ2v) is 5.87. The Morgan fingerprint density at radius 1 is 1.44 bits per heavy atom. The first-order valence-electron chi connectivity index (χ1n) is 6.33. The van der Waals surface area contributed by atoms with Gasteiger partial charge in [-0.1, -0.05) is 32.0 Å². The highest BCUT2D eigenvalue weighted by molar-refractivity contribution is 7.80. The van der Waals surface area contributed by atoms with Crippen LogP contribution in [-0.4, -0.2) is 11.5 Å². The lowest BCUT2D eigenvalue weighted by molar-refractivity contribution is 0.361. The molecule has 1 aromatic carbocycles. The topological polar surface area (TPSA) is 38.0 Å². The normalized spacial score (nSPS) is 17.7. The molecule has 1 saturated carbocycles. The summed E-state index contributed by atoms with van der Waals surface area (Å²) in [5.41, 5.74) is 6.87. The Kier molecular flexibility index (Phi) is 3.85. The van der Waals surface area contributed by atoms with Crippen molar-refractivity contribution in [3.63, 3.8) is 0 Å². The van der Waals surface area contributed by atoms with Crippen LogP contribution in [0.25, 0.3) is 0 Å². The lowest BCUT2D eigenvalue weighted by Crippen LogP contribution is -2.23. The van der Waals surface area contributed by atoms with E-state index in [9.17, 15) is 4.39 Å². The molecule has 0 amide bonds. The first-order chi connectivity index (χ1) is 8.50. The van der Waals surface area contributed by atoms with Crippen molar-refractivity contribution >= 4 is 22.9 Å². The van der Waals surface area contributed by atoms with Crippen molar-refractivity contribution in [2.24, 2.45) is 11.1 Å². The maximum atomic E-state index is 13.8. The first-order valence-corrected chi connectivity index (χ1v) is 6.74. The number of benzene rings is 1. The summed E-state index contributed by atoms with van der Waals surface area (Å²) in [7, 11) is 0. The number of halogens is 1. The molecule has 0 radical (unpaired) electrons. The van der Waals surface area contributed by atoms with Crippen molar-refractivity contribution in [3.05, 3.63) is 29.6 Å².